The third-order valence-electron chi connectivity index (χ3n) is 3.09. The Morgan fingerprint density at radius 2 is 2.00 bits per heavy atom. The molecule has 1 fully saturated rings. The van der Waals surface area contributed by atoms with Gasteiger partial charge in [-0.25, -0.2) is 0 Å². The highest BCUT2D eigenvalue weighted by Crippen LogP contribution is 1.94. The zero-order valence-corrected chi connectivity index (χ0v) is 11.5. The molecule has 2 N–H and O–H groups in total. The second-order valence-electron chi connectivity index (χ2n) is 4.66. The number of ether oxygens (including phenoxy) is 1. The molecule has 0 atom stereocenters. The van der Waals surface area contributed by atoms with Crippen molar-refractivity contribution in [2.24, 2.45) is 0 Å². The van der Waals surface area contributed by atoms with Crippen molar-refractivity contribution in [2.75, 3.05) is 52.5 Å². The first-order valence-electron chi connectivity index (χ1n) is 7.10. The van der Waals surface area contributed by atoms with E-state index < -0.39 is 0 Å². The van der Waals surface area contributed by atoms with Gasteiger partial charge in [0.05, 0.1) is 13.2 Å². The van der Waals surface area contributed by atoms with Crippen LogP contribution in [0.2, 0.25) is 0 Å². The Kier molecular flexibility index (Phi) is 8.81. The number of nitrogens with one attached hydrogen (secondary N) is 2. The first-order valence-corrected chi connectivity index (χ1v) is 7.10. The first-order chi connectivity index (χ1) is 8.83. The number of amides is 1. The van der Waals surface area contributed by atoms with Crippen molar-refractivity contribution in [3.63, 3.8) is 0 Å². The average molecular weight is 257 g/mol. The lowest BCUT2D eigenvalue weighted by Gasteiger charge is -2.26. The fourth-order valence-electron chi connectivity index (χ4n) is 1.88. The molecule has 0 aromatic carbocycles. The van der Waals surface area contributed by atoms with Crippen molar-refractivity contribution in [1.29, 1.82) is 0 Å². The van der Waals surface area contributed by atoms with Crippen LogP contribution in [0.3, 0.4) is 0 Å². The minimum atomic E-state index is 0.155. The maximum Gasteiger partial charge on any atom is 0.221 e. The summed E-state index contributed by atoms with van der Waals surface area (Å²) in [6, 6.07) is 0. The van der Waals surface area contributed by atoms with Gasteiger partial charge in [-0.2, -0.15) is 0 Å². The second kappa shape index (κ2) is 10.3. The molecule has 5 nitrogen and oxygen atoms in total. The van der Waals surface area contributed by atoms with Crippen LogP contribution in [0.1, 0.15) is 26.2 Å². The maximum absolute atomic E-state index is 11.4. The Morgan fingerprint density at radius 1 is 1.22 bits per heavy atom. The van der Waals surface area contributed by atoms with E-state index in [1.807, 2.05) is 0 Å². The molecule has 106 valence electrons. The molecule has 1 amide bonds. The van der Waals surface area contributed by atoms with E-state index in [0.717, 1.165) is 65.3 Å². The van der Waals surface area contributed by atoms with E-state index in [0.29, 0.717) is 6.42 Å². The zero-order valence-electron chi connectivity index (χ0n) is 11.5. The molecule has 0 unspecified atom stereocenters. The summed E-state index contributed by atoms with van der Waals surface area (Å²) in [5, 5.41) is 6.23. The van der Waals surface area contributed by atoms with Crippen LogP contribution in [0, 0.1) is 0 Å². The van der Waals surface area contributed by atoms with Gasteiger partial charge in [-0.05, 0) is 6.42 Å². The molecule has 1 saturated heterocycles. The summed E-state index contributed by atoms with van der Waals surface area (Å²) in [6.45, 7) is 9.44. The lowest BCUT2D eigenvalue weighted by atomic mass is 10.3. The molecule has 1 aliphatic rings. The van der Waals surface area contributed by atoms with Crippen LogP contribution in [-0.2, 0) is 9.53 Å². The summed E-state index contributed by atoms with van der Waals surface area (Å²) in [4.78, 5) is 13.8. The molecule has 1 heterocycles. The molecule has 1 rings (SSSR count). The first kappa shape index (κ1) is 15.4. The summed E-state index contributed by atoms with van der Waals surface area (Å²) in [7, 11) is 0. The summed E-state index contributed by atoms with van der Waals surface area (Å²) in [5.41, 5.74) is 0. The molecule has 18 heavy (non-hydrogen) atoms. The number of rotatable bonds is 9. The summed E-state index contributed by atoms with van der Waals surface area (Å²) in [6.07, 6.45) is 2.76. The van der Waals surface area contributed by atoms with Gasteiger partial charge in [-0.15, -0.1) is 0 Å². The van der Waals surface area contributed by atoms with Crippen molar-refractivity contribution in [3.8, 4) is 0 Å². The van der Waals surface area contributed by atoms with E-state index >= 15 is 0 Å². The third-order valence-corrected chi connectivity index (χ3v) is 3.09. The van der Waals surface area contributed by atoms with E-state index in [1.54, 1.807) is 0 Å². The van der Waals surface area contributed by atoms with Gasteiger partial charge in [0.25, 0.3) is 0 Å². The number of hydrogen-bond donors (Lipinski definition) is 2. The SMILES string of the molecule is CCCCNC(=O)CCNCCN1CCOCC1. The quantitative estimate of drug-likeness (QED) is 0.580. The van der Waals surface area contributed by atoms with Crippen LogP contribution < -0.4 is 10.6 Å². The van der Waals surface area contributed by atoms with Gasteiger partial charge in [-0.3, -0.25) is 9.69 Å². The number of nitrogens with zero attached hydrogens (tertiary/aromatic N) is 1. The molecule has 0 aromatic rings. The van der Waals surface area contributed by atoms with Crippen LogP contribution in [0.25, 0.3) is 0 Å². The zero-order chi connectivity index (χ0) is 13.1. The molecule has 0 aliphatic carbocycles. The van der Waals surface area contributed by atoms with Gasteiger partial charge in [0.15, 0.2) is 0 Å². The van der Waals surface area contributed by atoms with Gasteiger partial charge >= 0.3 is 0 Å². The van der Waals surface area contributed by atoms with Crippen molar-refractivity contribution >= 4 is 5.91 Å². The molecule has 0 bridgehead atoms. The summed E-state index contributed by atoms with van der Waals surface area (Å²) >= 11 is 0. The second-order valence-corrected chi connectivity index (χ2v) is 4.66. The highest BCUT2D eigenvalue weighted by molar-refractivity contribution is 5.75. The molecule has 5 heteroatoms. The number of unbranched alkanes of at least 4 members (excludes halogenated alkanes) is 1. The van der Waals surface area contributed by atoms with Crippen molar-refractivity contribution in [1.82, 2.24) is 15.5 Å². The standard InChI is InChI=1S/C13H27N3O2/c1-2-3-5-15-13(17)4-6-14-7-8-16-9-11-18-12-10-16/h14H,2-12H2,1H3,(H,15,17). The van der Waals surface area contributed by atoms with Gasteiger partial charge in [0.1, 0.15) is 0 Å². The highest BCUT2D eigenvalue weighted by atomic mass is 16.5. The lowest BCUT2D eigenvalue weighted by Crippen LogP contribution is -2.40. The molecular weight excluding hydrogens is 230 g/mol. The Labute approximate surface area is 110 Å². The molecule has 0 spiro atoms. The summed E-state index contributed by atoms with van der Waals surface area (Å²) in [5.74, 6) is 0.155. The molecule has 0 radical (unpaired) electrons. The topological polar surface area (TPSA) is 53.6 Å². The van der Waals surface area contributed by atoms with Gasteiger partial charge in [0.2, 0.25) is 5.91 Å². The normalized spacial score (nSPS) is 16.7. The molecule has 0 aromatic heterocycles. The minimum Gasteiger partial charge on any atom is -0.379 e. The van der Waals surface area contributed by atoms with E-state index in [9.17, 15) is 4.79 Å². The largest absolute Gasteiger partial charge is 0.379 e. The van der Waals surface area contributed by atoms with E-state index in [4.69, 9.17) is 4.74 Å². The lowest BCUT2D eigenvalue weighted by molar-refractivity contribution is -0.121. The highest BCUT2D eigenvalue weighted by Gasteiger charge is 2.08. The molecule has 1 aliphatic heterocycles. The molecule has 0 saturated carbocycles. The van der Waals surface area contributed by atoms with E-state index in [-0.39, 0.29) is 5.91 Å². The number of morpholine rings is 1. The fraction of sp³-hybridized carbons (Fsp3) is 0.923. The maximum atomic E-state index is 11.4. The Hall–Kier alpha value is -0.650. The van der Waals surface area contributed by atoms with Crippen LogP contribution in [0.15, 0.2) is 0 Å². The predicted octanol–water partition coefficient (Wildman–Crippen LogP) is 0.215. The van der Waals surface area contributed by atoms with Gasteiger partial charge in [-0.1, -0.05) is 13.3 Å². The Morgan fingerprint density at radius 3 is 2.72 bits per heavy atom. The average Bonchev–Trinajstić information content (AvgIpc) is 2.40. The van der Waals surface area contributed by atoms with Gasteiger partial charge in [0, 0.05) is 45.7 Å². The number of hydrogen-bond acceptors (Lipinski definition) is 4. The van der Waals surface area contributed by atoms with E-state index in [1.165, 1.54) is 0 Å². The van der Waals surface area contributed by atoms with Gasteiger partial charge < -0.3 is 15.4 Å². The Bertz CT molecular complexity index is 218. The number of carbonyl (C=O) groups is 1. The predicted molar refractivity (Wildman–Crippen MR) is 72.7 cm³/mol. The van der Waals surface area contributed by atoms with Crippen LogP contribution in [0.5, 0.6) is 0 Å². The van der Waals surface area contributed by atoms with Crippen molar-refractivity contribution in [3.05, 3.63) is 0 Å². The van der Waals surface area contributed by atoms with Crippen LogP contribution in [-0.4, -0.2) is 63.3 Å². The fourth-order valence-corrected chi connectivity index (χ4v) is 1.88. The molecular formula is C13H27N3O2. The summed E-state index contributed by atoms with van der Waals surface area (Å²) < 4.78 is 5.29. The van der Waals surface area contributed by atoms with Crippen molar-refractivity contribution in [2.45, 2.75) is 26.2 Å². The Balaban J connectivity index is 1.86. The third kappa shape index (κ3) is 7.63. The van der Waals surface area contributed by atoms with E-state index in [2.05, 4.69) is 22.5 Å². The number of carbonyl (C=O) groups excluding carboxylic acids is 1. The minimum absolute atomic E-state index is 0.155. The van der Waals surface area contributed by atoms with Crippen molar-refractivity contribution < 1.29 is 9.53 Å². The monoisotopic (exact) mass is 257 g/mol. The van der Waals surface area contributed by atoms with Crippen LogP contribution in [0.4, 0.5) is 0 Å². The van der Waals surface area contributed by atoms with Crippen LogP contribution >= 0.6 is 0 Å². The smallest absolute Gasteiger partial charge is 0.221 e.